The van der Waals surface area contributed by atoms with Crippen molar-refractivity contribution in [3.05, 3.63) is 29.8 Å². The van der Waals surface area contributed by atoms with Gasteiger partial charge in [0.25, 0.3) is 0 Å². The fourth-order valence-electron chi connectivity index (χ4n) is 2.46. The minimum atomic E-state index is -0.682. The van der Waals surface area contributed by atoms with Crippen LogP contribution in [0.25, 0.3) is 0 Å². The molecule has 7 nitrogen and oxygen atoms in total. The Labute approximate surface area is 148 Å². The lowest BCUT2D eigenvalue weighted by Gasteiger charge is -2.16. The second-order valence-electron chi connectivity index (χ2n) is 5.60. The molecule has 0 spiro atoms. The van der Waals surface area contributed by atoms with Crippen LogP contribution in [0.2, 0.25) is 0 Å². The summed E-state index contributed by atoms with van der Waals surface area (Å²) in [6, 6.07) is 6.64. The number of carbonyl (C=O) groups excluding carboxylic acids is 2. The first-order valence-corrected chi connectivity index (χ1v) is 7.77. The van der Waals surface area contributed by atoms with Gasteiger partial charge in [0.2, 0.25) is 5.91 Å². The van der Waals surface area contributed by atoms with E-state index in [1.165, 1.54) is 7.11 Å². The standard InChI is InChI=1S/C16H24N4O3.ClH/c1-23-11-14(17)15(21)18-10-12-5-4-6-13(9-12)19-16(22)20-7-2-3-8-20;/h4-6,9,14H,2-3,7-8,10-11,17H2,1H3,(H,18,21)(H,19,22);1H. The molecule has 0 saturated carbocycles. The number of amides is 3. The number of rotatable bonds is 6. The predicted octanol–water partition coefficient (Wildman–Crippen LogP) is 1.33. The summed E-state index contributed by atoms with van der Waals surface area (Å²) in [5, 5.41) is 5.64. The summed E-state index contributed by atoms with van der Waals surface area (Å²) in [6.45, 7) is 2.14. The van der Waals surface area contributed by atoms with Crippen LogP contribution in [0.1, 0.15) is 18.4 Å². The van der Waals surface area contributed by atoms with Crippen LogP contribution in [-0.2, 0) is 16.1 Å². The van der Waals surface area contributed by atoms with Gasteiger partial charge in [-0.25, -0.2) is 4.79 Å². The first-order valence-electron chi connectivity index (χ1n) is 7.77. The van der Waals surface area contributed by atoms with E-state index in [0.29, 0.717) is 6.54 Å². The van der Waals surface area contributed by atoms with Crippen molar-refractivity contribution in [2.75, 3.05) is 32.1 Å². The fourth-order valence-corrected chi connectivity index (χ4v) is 2.46. The molecule has 8 heteroatoms. The van der Waals surface area contributed by atoms with E-state index in [2.05, 4.69) is 10.6 Å². The molecule has 3 amide bonds. The topological polar surface area (TPSA) is 96.7 Å². The second kappa shape index (κ2) is 10.1. The molecular formula is C16H25ClN4O3. The van der Waals surface area contributed by atoms with Gasteiger partial charge in [-0.2, -0.15) is 0 Å². The molecular weight excluding hydrogens is 332 g/mol. The van der Waals surface area contributed by atoms with E-state index in [4.69, 9.17) is 10.5 Å². The van der Waals surface area contributed by atoms with Crippen molar-refractivity contribution in [2.24, 2.45) is 5.73 Å². The number of nitrogens with two attached hydrogens (primary N) is 1. The van der Waals surface area contributed by atoms with Crippen LogP contribution in [0.3, 0.4) is 0 Å². The van der Waals surface area contributed by atoms with Crippen LogP contribution in [0.4, 0.5) is 10.5 Å². The molecule has 1 aromatic rings. The van der Waals surface area contributed by atoms with Crippen molar-refractivity contribution in [3.63, 3.8) is 0 Å². The van der Waals surface area contributed by atoms with Crippen LogP contribution in [0.5, 0.6) is 0 Å². The fraction of sp³-hybridized carbons (Fsp3) is 0.500. The molecule has 0 bridgehead atoms. The van der Waals surface area contributed by atoms with Crippen LogP contribution < -0.4 is 16.4 Å². The zero-order chi connectivity index (χ0) is 16.7. The lowest BCUT2D eigenvalue weighted by Crippen LogP contribution is -2.43. The maximum atomic E-state index is 12.1. The highest BCUT2D eigenvalue weighted by atomic mass is 35.5. The van der Waals surface area contributed by atoms with Crippen molar-refractivity contribution in [1.82, 2.24) is 10.2 Å². The van der Waals surface area contributed by atoms with Crippen molar-refractivity contribution >= 4 is 30.0 Å². The molecule has 1 aliphatic rings. The molecule has 4 N–H and O–H groups in total. The quantitative estimate of drug-likeness (QED) is 0.716. The third-order valence-corrected chi connectivity index (χ3v) is 3.72. The third kappa shape index (κ3) is 5.99. The maximum Gasteiger partial charge on any atom is 0.321 e. The van der Waals surface area contributed by atoms with E-state index in [-0.39, 0.29) is 31.0 Å². The number of hydrogen-bond donors (Lipinski definition) is 3. The van der Waals surface area contributed by atoms with Gasteiger partial charge in [0.15, 0.2) is 0 Å². The number of methoxy groups -OCH3 is 1. The van der Waals surface area contributed by atoms with Gasteiger partial charge in [0.1, 0.15) is 6.04 Å². The Bertz CT molecular complexity index is 550. The Morgan fingerprint density at radius 2 is 2.04 bits per heavy atom. The van der Waals surface area contributed by atoms with Crippen LogP contribution in [0, 0.1) is 0 Å². The van der Waals surface area contributed by atoms with E-state index in [1.54, 1.807) is 4.90 Å². The Balaban J connectivity index is 0.00000288. The van der Waals surface area contributed by atoms with E-state index >= 15 is 0 Å². The Kier molecular flexibility index (Phi) is 8.53. The third-order valence-electron chi connectivity index (χ3n) is 3.72. The van der Waals surface area contributed by atoms with Gasteiger partial charge in [0.05, 0.1) is 6.61 Å². The number of hydrogen-bond acceptors (Lipinski definition) is 4. The average Bonchev–Trinajstić information content (AvgIpc) is 3.08. The Hall–Kier alpha value is -1.83. The molecule has 24 heavy (non-hydrogen) atoms. The van der Waals surface area contributed by atoms with Crippen LogP contribution in [-0.4, -0.2) is 49.7 Å². The first kappa shape index (κ1) is 20.2. The average molecular weight is 357 g/mol. The smallest absolute Gasteiger partial charge is 0.321 e. The SMILES string of the molecule is COCC(N)C(=O)NCc1cccc(NC(=O)N2CCCC2)c1.Cl. The number of carbonyl (C=O) groups is 2. The maximum absolute atomic E-state index is 12.1. The summed E-state index contributed by atoms with van der Waals surface area (Å²) in [4.78, 5) is 25.6. The van der Waals surface area contributed by atoms with Gasteiger partial charge >= 0.3 is 6.03 Å². The number of ether oxygens (including phenoxy) is 1. The molecule has 1 aliphatic heterocycles. The number of nitrogens with one attached hydrogen (secondary N) is 2. The lowest BCUT2D eigenvalue weighted by atomic mass is 10.2. The highest BCUT2D eigenvalue weighted by Gasteiger charge is 2.17. The molecule has 0 aromatic heterocycles. The van der Waals surface area contributed by atoms with Crippen LogP contribution >= 0.6 is 12.4 Å². The molecule has 1 saturated heterocycles. The molecule has 0 radical (unpaired) electrons. The number of anilines is 1. The largest absolute Gasteiger partial charge is 0.383 e. The van der Waals surface area contributed by atoms with E-state index < -0.39 is 6.04 Å². The van der Waals surface area contributed by atoms with E-state index in [1.807, 2.05) is 24.3 Å². The Morgan fingerprint density at radius 3 is 2.71 bits per heavy atom. The van der Waals surface area contributed by atoms with Gasteiger partial charge in [-0.1, -0.05) is 12.1 Å². The van der Waals surface area contributed by atoms with Gasteiger partial charge in [-0.05, 0) is 30.5 Å². The normalized spacial score (nSPS) is 14.7. The first-order chi connectivity index (χ1) is 11.1. The van der Waals surface area contributed by atoms with Gasteiger partial charge in [-0.3, -0.25) is 4.79 Å². The van der Waals surface area contributed by atoms with Crippen molar-refractivity contribution in [2.45, 2.75) is 25.4 Å². The minimum absolute atomic E-state index is 0. The molecule has 1 fully saturated rings. The minimum Gasteiger partial charge on any atom is -0.383 e. The van der Waals surface area contributed by atoms with Crippen molar-refractivity contribution < 1.29 is 14.3 Å². The summed E-state index contributed by atoms with van der Waals surface area (Å²) in [6.07, 6.45) is 2.11. The molecule has 1 aromatic carbocycles. The molecule has 1 heterocycles. The molecule has 1 atom stereocenters. The summed E-state index contributed by atoms with van der Waals surface area (Å²) >= 11 is 0. The van der Waals surface area contributed by atoms with Gasteiger partial charge < -0.3 is 26.0 Å². The molecule has 0 aliphatic carbocycles. The monoisotopic (exact) mass is 356 g/mol. The summed E-state index contributed by atoms with van der Waals surface area (Å²) in [7, 11) is 1.50. The highest BCUT2D eigenvalue weighted by molar-refractivity contribution is 5.89. The summed E-state index contributed by atoms with van der Waals surface area (Å²) in [5.74, 6) is -0.265. The van der Waals surface area contributed by atoms with Gasteiger partial charge in [-0.15, -0.1) is 12.4 Å². The summed E-state index contributed by atoms with van der Waals surface area (Å²) in [5.41, 5.74) is 7.27. The van der Waals surface area contributed by atoms with Crippen molar-refractivity contribution in [3.8, 4) is 0 Å². The van der Waals surface area contributed by atoms with Crippen molar-refractivity contribution in [1.29, 1.82) is 0 Å². The number of benzene rings is 1. The highest BCUT2D eigenvalue weighted by Crippen LogP contribution is 2.14. The number of urea groups is 1. The molecule has 2 rings (SSSR count). The zero-order valence-corrected chi connectivity index (χ0v) is 14.6. The number of halogens is 1. The zero-order valence-electron chi connectivity index (χ0n) is 13.8. The number of nitrogens with zero attached hydrogens (tertiary/aromatic N) is 1. The Morgan fingerprint density at radius 1 is 1.33 bits per heavy atom. The molecule has 1 unspecified atom stereocenters. The second-order valence-corrected chi connectivity index (χ2v) is 5.60. The van der Waals surface area contributed by atoms with Crippen LogP contribution in [0.15, 0.2) is 24.3 Å². The number of likely N-dealkylation sites (tertiary alicyclic amines) is 1. The predicted molar refractivity (Wildman–Crippen MR) is 95.2 cm³/mol. The van der Waals surface area contributed by atoms with E-state index in [0.717, 1.165) is 37.2 Å². The summed E-state index contributed by atoms with van der Waals surface area (Å²) < 4.78 is 4.85. The lowest BCUT2D eigenvalue weighted by molar-refractivity contribution is -0.123. The van der Waals surface area contributed by atoms with E-state index in [9.17, 15) is 9.59 Å². The molecule has 134 valence electrons. The van der Waals surface area contributed by atoms with Gasteiger partial charge in [0, 0.05) is 32.4 Å².